The molecule has 0 aliphatic carbocycles. The summed E-state index contributed by atoms with van der Waals surface area (Å²) in [6.07, 6.45) is 0.763. The molecule has 1 N–H and O–H groups in total. The molecule has 0 saturated heterocycles. The molecule has 1 rings (SSSR count). The predicted octanol–water partition coefficient (Wildman–Crippen LogP) is 2.85. The molecule has 0 saturated carbocycles. The zero-order chi connectivity index (χ0) is 16.7. The molecule has 0 spiro atoms. The standard InChI is InChI=1S/C16H22ClNO4/c1-11(2)9-18(10-16(20)21)15(19)7-5-12-4-6-14(22-3)13(17)8-12/h4,6,8,11H,5,7,9-10H2,1-3H3,(H,20,21). The molecular weight excluding hydrogens is 306 g/mol. The third kappa shape index (κ3) is 5.93. The van der Waals surface area contributed by atoms with E-state index >= 15 is 0 Å². The molecule has 0 aromatic heterocycles. The van der Waals surface area contributed by atoms with Crippen LogP contribution in [0, 0.1) is 5.92 Å². The fourth-order valence-corrected chi connectivity index (χ4v) is 2.41. The van der Waals surface area contributed by atoms with Gasteiger partial charge in [-0.3, -0.25) is 9.59 Å². The number of benzene rings is 1. The van der Waals surface area contributed by atoms with E-state index < -0.39 is 5.97 Å². The average molecular weight is 328 g/mol. The highest BCUT2D eigenvalue weighted by atomic mass is 35.5. The molecule has 6 heteroatoms. The normalized spacial score (nSPS) is 10.6. The number of carbonyl (C=O) groups excluding carboxylic acids is 1. The molecule has 1 amide bonds. The second-order valence-electron chi connectivity index (χ2n) is 5.53. The number of ether oxygens (including phenoxy) is 1. The lowest BCUT2D eigenvalue weighted by atomic mass is 10.1. The number of nitrogens with zero attached hydrogens (tertiary/aromatic N) is 1. The van der Waals surface area contributed by atoms with E-state index in [9.17, 15) is 9.59 Å². The van der Waals surface area contributed by atoms with Gasteiger partial charge in [-0.1, -0.05) is 31.5 Å². The molecule has 0 atom stereocenters. The number of carboxylic acid groups (broad SMARTS) is 1. The molecule has 0 aliphatic heterocycles. The largest absolute Gasteiger partial charge is 0.495 e. The van der Waals surface area contributed by atoms with Crippen molar-refractivity contribution in [3.63, 3.8) is 0 Å². The molecule has 5 nitrogen and oxygen atoms in total. The van der Waals surface area contributed by atoms with Crippen molar-refractivity contribution in [2.45, 2.75) is 26.7 Å². The van der Waals surface area contributed by atoms with Crippen LogP contribution in [0.1, 0.15) is 25.8 Å². The Morgan fingerprint density at radius 1 is 1.36 bits per heavy atom. The Bertz CT molecular complexity index is 531. The van der Waals surface area contributed by atoms with E-state index in [0.717, 1.165) is 5.56 Å². The van der Waals surface area contributed by atoms with Crippen LogP contribution in [0.3, 0.4) is 0 Å². The van der Waals surface area contributed by atoms with Crippen LogP contribution in [0.5, 0.6) is 5.75 Å². The highest BCUT2D eigenvalue weighted by Gasteiger charge is 2.17. The van der Waals surface area contributed by atoms with Gasteiger partial charge in [-0.15, -0.1) is 0 Å². The van der Waals surface area contributed by atoms with Crippen LogP contribution in [0.2, 0.25) is 5.02 Å². The van der Waals surface area contributed by atoms with Gasteiger partial charge in [0.05, 0.1) is 12.1 Å². The van der Waals surface area contributed by atoms with Crippen molar-refractivity contribution in [3.8, 4) is 5.75 Å². The number of rotatable bonds is 8. The minimum Gasteiger partial charge on any atom is -0.495 e. The van der Waals surface area contributed by atoms with Crippen molar-refractivity contribution >= 4 is 23.5 Å². The number of amides is 1. The molecule has 0 fully saturated rings. The van der Waals surface area contributed by atoms with Crippen molar-refractivity contribution in [1.29, 1.82) is 0 Å². The van der Waals surface area contributed by atoms with E-state index in [1.54, 1.807) is 19.2 Å². The van der Waals surface area contributed by atoms with Gasteiger partial charge in [-0.2, -0.15) is 0 Å². The molecule has 0 heterocycles. The minimum absolute atomic E-state index is 0.164. The number of halogens is 1. The number of aryl methyl sites for hydroxylation is 1. The molecular formula is C16H22ClNO4. The third-order valence-corrected chi connectivity index (χ3v) is 3.40. The molecule has 0 bridgehead atoms. The van der Waals surface area contributed by atoms with Gasteiger partial charge in [-0.05, 0) is 30.0 Å². The highest BCUT2D eigenvalue weighted by molar-refractivity contribution is 6.32. The first-order valence-corrected chi connectivity index (χ1v) is 7.53. The van der Waals surface area contributed by atoms with Crippen molar-refractivity contribution in [3.05, 3.63) is 28.8 Å². The van der Waals surface area contributed by atoms with Gasteiger partial charge in [0, 0.05) is 13.0 Å². The number of carbonyl (C=O) groups is 2. The number of carboxylic acids is 1. The van der Waals surface area contributed by atoms with Crippen LogP contribution in [0.15, 0.2) is 18.2 Å². The summed E-state index contributed by atoms with van der Waals surface area (Å²) in [5.41, 5.74) is 0.916. The summed E-state index contributed by atoms with van der Waals surface area (Å²) in [6.45, 7) is 4.08. The van der Waals surface area contributed by atoms with Gasteiger partial charge < -0.3 is 14.7 Å². The Kier molecular flexibility index (Phi) is 7.18. The topological polar surface area (TPSA) is 66.8 Å². The van der Waals surface area contributed by atoms with E-state index in [4.69, 9.17) is 21.4 Å². The molecule has 1 aromatic carbocycles. The van der Waals surface area contributed by atoms with Gasteiger partial charge in [0.1, 0.15) is 12.3 Å². The Morgan fingerprint density at radius 3 is 2.55 bits per heavy atom. The first-order chi connectivity index (χ1) is 10.3. The summed E-state index contributed by atoms with van der Waals surface area (Å²) in [5, 5.41) is 9.40. The van der Waals surface area contributed by atoms with Crippen molar-refractivity contribution in [2.24, 2.45) is 5.92 Å². The summed E-state index contributed by atoms with van der Waals surface area (Å²) in [5.74, 6) is -0.354. The van der Waals surface area contributed by atoms with Gasteiger partial charge in [0.25, 0.3) is 0 Å². The predicted molar refractivity (Wildman–Crippen MR) is 85.4 cm³/mol. The second-order valence-corrected chi connectivity index (χ2v) is 5.94. The van der Waals surface area contributed by atoms with Crippen LogP contribution < -0.4 is 4.74 Å². The first-order valence-electron chi connectivity index (χ1n) is 7.15. The van der Waals surface area contributed by atoms with E-state index in [1.807, 2.05) is 19.9 Å². The van der Waals surface area contributed by atoms with Gasteiger partial charge in [0.2, 0.25) is 5.91 Å². The molecule has 1 aromatic rings. The average Bonchev–Trinajstić information content (AvgIpc) is 2.43. The van der Waals surface area contributed by atoms with Crippen LogP contribution in [0.25, 0.3) is 0 Å². The maximum atomic E-state index is 12.2. The van der Waals surface area contributed by atoms with Gasteiger partial charge >= 0.3 is 5.97 Å². The van der Waals surface area contributed by atoms with Crippen LogP contribution >= 0.6 is 11.6 Å². The Morgan fingerprint density at radius 2 is 2.05 bits per heavy atom. The lowest BCUT2D eigenvalue weighted by Gasteiger charge is -2.22. The van der Waals surface area contributed by atoms with Crippen molar-refractivity contribution < 1.29 is 19.4 Å². The highest BCUT2D eigenvalue weighted by Crippen LogP contribution is 2.25. The molecule has 122 valence electrons. The smallest absolute Gasteiger partial charge is 0.323 e. The molecule has 0 radical (unpaired) electrons. The maximum Gasteiger partial charge on any atom is 0.323 e. The fourth-order valence-electron chi connectivity index (χ4n) is 2.13. The number of methoxy groups -OCH3 is 1. The minimum atomic E-state index is -0.999. The van der Waals surface area contributed by atoms with Crippen LogP contribution in [-0.2, 0) is 16.0 Å². The van der Waals surface area contributed by atoms with Crippen molar-refractivity contribution in [2.75, 3.05) is 20.2 Å². The monoisotopic (exact) mass is 327 g/mol. The zero-order valence-corrected chi connectivity index (χ0v) is 13.9. The van der Waals surface area contributed by atoms with E-state index in [0.29, 0.717) is 23.7 Å². The van der Waals surface area contributed by atoms with Crippen LogP contribution in [-0.4, -0.2) is 42.1 Å². The number of hydrogen-bond donors (Lipinski definition) is 1. The summed E-state index contributed by atoms with van der Waals surface area (Å²) in [6, 6.07) is 5.37. The SMILES string of the molecule is COc1ccc(CCC(=O)N(CC(=O)O)CC(C)C)cc1Cl. The quantitative estimate of drug-likeness (QED) is 0.797. The summed E-state index contributed by atoms with van der Waals surface area (Å²) < 4.78 is 5.08. The van der Waals surface area contributed by atoms with Gasteiger partial charge in [0.15, 0.2) is 0 Å². The van der Waals surface area contributed by atoms with Crippen molar-refractivity contribution in [1.82, 2.24) is 4.90 Å². The van der Waals surface area contributed by atoms with Gasteiger partial charge in [-0.25, -0.2) is 0 Å². The van der Waals surface area contributed by atoms with Crippen LogP contribution in [0.4, 0.5) is 0 Å². The third-order valence-electron chi connectivity index (χ3n) is 3.11. The molecule has 0 aliphatic rings. The first kappa shape index (κ1) is 18.3. The van der Waals surface area contributed by atoms with E-state index in [2.05, 4.69) is 0 Å². The summed E-state index contributed by atoms with van der Waals surface area (Å²) in [4.78, 5) is 24.4. The lowest BCUT2D eigenvalue weighted by Crippen LogP contribution is -2.38. The van der Waals surface area contributed by atoms with E-state index in [-0.39, 0.29) is 24.8 Å². The Labute approximate surface area is 135 Å². The lowest BCUT2D eigenvalue weighted by molar-refractivity contribution is -0.144. The number of hydrogen-bond acceptors (Lipinski definition) is 3. The maximum absolute atomic E-state index is 12.2. The van der Waals surface area contributed by atoms with E-state index in [1.165, 1.54) is 4.90 Å². The zero-order valence-electron chi connectivity index (χ0n) is 13.1. The molecule has 22 heavy (non-hydrogen) atoms. The second kappa shape index (κ2) is 8.63. The summed E-state index contributed by atoms with van der Waals surface area (Å²) >= 11 is 6.05. The fraction of sp³-hybridized carbons (Fsp3) is 0.500. The molecule has 0 unspecified atom stereocenters. The summed E-state index contributed by atoms with van der Waals surface area (Å²) in [7, 11) is 1.54. The Balaban J connectivity index is 2.65. The number of aliphatic carboxylic acids is 1. The Hall–Kier alpha value is -1.75.